The molecule has 1 aromatic rings. The van der Waals surface area contributed by atoms with E-state index in [4.69, 9.17) is 21.8 Å². The molecular weight excluding hydrogens is 238 g/mol. The molecule has 0 aliphatic heterocycles. The van der Waals surface area contributed by atoms with E-state index in [0.717, 1.165) is 0 Å². The fourth-order valence-corrected chi connectivity index (χ4v) is 1.27. The summed E-state index contributed by atoms with van der Waals surface area (Å²) in [5.41, 5.74) is -0.223. The Hall–Kier alpha value is -1.95. The minimum Gasteiger partial charge on any atom is -0.480 e. The summed E-state index contributed by atoms with van der Waals surface area (Å²) in [6, 6.07) is 2.58. The molecule has 0 amide bonds. The predicted molar refractivity (Wildman–Crippen MR) is 52.3 cm³/mol. The van der Waals surface area contributed by atoms with Crippen molar-refractivity contribution in [2.45, 2.75) is 0 Å². The van der Waals surface area contributed by atoms with Crippen LogP contribution in [0.2, 0.25) is 5.15 Å². The third kappa shape index (κ3) is 2.34. The van der Waals surface area contributed by atoms with Crippen molar-refractivity contribution >= 4 is 29.3 Å². The van der Waals surface area contributed by atoms with Crippen LogP contribution >= 0.6 is 11.6 Å². The third-order valence-electron chi connectivity index (χ3n) is 1.78. The van der Waals surface area contributed by atoms with Gasteiger partial charge in [0.05, 0.1) is 5.56 Å². The molecule has 0 saturated carbocycles. The van der Waals surface area contributed by atoms with E-state index in [2.05, 4.69) is 4.98 Å². The molecule has 7 heteroatoms. The minimum atomic E-state index is -2.17. The molecular formula is C9H6ClNO5. The molecule has 0 aliphatic carbocycles. The highest BCUT2D eigenvalue weighted by Crippen LogP contribution is 2.17. The van der Waals surface area contributed by atoms with Crippen molar-refractivity contribution in [2.75, 3.05) is 0 Å². The summed E-state index contributed by atoms with van der Waals surface area (Å²) in [7, 11) is 0. The van der Waals surface area contributed by atoms with E-state index in [1.807, 2.05) is 0 Å². The molecule has 16 heavy (non-hydrogen) atoms. The predicted octanol–water partition coefficient (Wildman–Crippen LogP) is 0.703. The van der Waals surface area contributed by atoms with E-state index in [0.29, 0.717) is 0 Å². The average molecular weight is 244 g/mol. The minimum absolute atomic E-state index is 0.222. The number of carboxylic acid groups (broad SMARTS) is 2. The highest BCUT2D eigenvalue weighted by Gasteiger charge is 2.35. The number of halogens is 1. The fourth-order valence-electron chi connectivity index (χ4n) is 1.06. The van der Waals surface area contributed by atoms with Crippen molar-refractivity contribution < 1.29 is 24.6 Å². The molecule has 0 spiro atoms. The van der Waals surface area contributed by atoms with E-state index in [9.17, 15) is 14.4 Å². The molecule has 0 unspecified atom stereocenters. The van der Waals surface area contributed by atoms with Gasteiger partial charge in [0.15, 0.2) is 5.78 Å². The van der Waals surface area contributed by atoms with Crippen LogP contribution in [0, 0.1) is 5.92 Å². The van der Waals surface area contributed by atoms with Crippen LogP contribution in [0.5, 0.6) is 0 Å². The Bertz CT molecular complexity index is 445. The summed E-state index contributed by atoms with van der Waals surface area (Å²) < 4.78 is 0. The topological polar surface area (TPSA) is 105 Å². The SMILES string of the molecule is O=C(O)C(C(=O)O)C(=O)c1cccnc1Cl. The second-order valence-corrected chi connectivity index (χ2v) is 3.17. The second kappa shape index (κ2) is 4.71. The van der Waals surface area contributed by atoms with Gasteiger partial charge in [-0.15, -0.1) is 0 Å². The monoisotopic (exact) mass is 243 g/mol. The summed E-state index contributed by atoms with van der Waals surface area (Å²) in [5.74, 6) is -6.74. The molecule has 1 rings (SSSR count). The lowest BCUT2D eigenvalue weighted by atomic mass is 9.99. The molecule has 2 N–H and O–H groups in total. The molecule has 0 radical (unpaired) electrons. The number of rotatable bonds is 4. The molecule has 1 aromatic heterocycles. The summed E-state index contributed by atoms with van der Waals surface area (Å²) >= 11 is 5.55. The van der Waals surface area contributed by atoms with Crippen molar-refractivity contribution in [1.82, 2.24) is 4.98 Å². The van der Waals surface area contributed by atoms with Gasteiger partial charge < -0.3 is 10.2 Å². The molecule has 0 aliphatic rings. The molecule has 0 aromatic carbocycles. The number of nitrogens with zero attached hydrogens (tertiary/aromatic N) is 1. The van der Waals surface area contributed by atoms with Gasteiger partial charge in [-0.3, -0.25) is 14.4 Å². The van der Waals surface area contributed by atoms with Crippen LogP contribution in [-0.2, 0) is 9.59 Å². The molecule has 84 valence electrons. The number of aliphatic carboxylic acids is 2. The van der Waals surface area contributed by atoms with Gasteiger partial charge in [0.1, 0.15) is 5.15 Å². The number of aromatic nitrogens is 1. The van der Waals surface area contributed by atoms with Gasteiger partial charge in [-0.2, -0.15) is 0 Å². The fraction of sp³-hybridized carbons (Fsp3) is 0.111. The van der Waals surface area contributed by atoms with Crippen LogP contribution in [-0.4, -0.2) is 32.9 Å². The summed E-state index contributed by atoms with van der Waals surface area (Å²) in [5, 5.41) is 17.0. The highest BCUT2D eigenvalue weighted by molar-refractivity contribution is 6.34. The van der Waals surface area contributed by atoms with E-state index in [1.54, 1.807) is 0 Å². The first-order valence-corrected chi connectivity index (χ1v) is 4.43. The normalized spacial score (nSPS) is 10.1. The molecule has 0 fully saturated rings. The summed E-state index contributed by atoms with van der Waals surface area (Å²) in [4.78, 5) is 36.3. The van der Waals surface area contributed by atoms with Gasteiger partial charge in [0, 0.05) is 6.20 Å². The lowest BCUT2D eigenvalue weighted by Crippen LogP contribution is -2.31. The van der Waals surface area contributed by atoms with E-state index < -0.39 is 23.6 Å². The molecule has 1 heterocycles. The molecule has 0 saturated heterocycles. The van der Waals surface area contributed by atoms with Crippen molar-refractivity contribution in [2.24, 2.45) is 5.92 Å². The lowest BCUT2D eigenvalue weighted by Gasteiger charge is -2.06. The molecule has 0 atom stereocenters. The first kappa shape index (κ1) is 12.1. The largest absolute Gasteiger partial charge is 0.480 e. The smallest absolute Gasteiger partial charge is 0.325 e. The average Bonchev–Trinajstić information content (AvgIpc) is 2.16. The van der Waals surface area contributed by atoms with Gasteiger partial charge >= 0.3 is 11.9 Å². The van der Waals surface area contributed by atoms with E-state index >= 15 is 0 Å². The van der Waals surface area contributed by atoms with Gasteiger partial charge in [0.2, 0.25) is 5.92 Å². The van der Waals surface area contributed by atoms with Crippen LogP contribution in [0.4, 0.5) is 0 Å². The Balaban J connectivity index is 3.15. The number of carbonyl (C=O) groups excluding carboxylic acids is 1. The Morgan fingerprint density at radius 2 is 1.81 bits per heavy atom. The highest BCUT2D eigenvalue weighted by atomic mass is 35.5. The van der Waals surface area contributed by atoms with Gasteiger partial charge in [0.25, 0.3) is 0 Å². The van der Waals surface area contributed by atoms with Crippen molar-refractivity contribution in [3.63, 3.8) is 0 Å². The number of ketones is 1. The number of hydrogen-bond donors (Lipinski definition) is 2. The first-order chi connectivity index (χ1) is 7.45. The standard InChI is InChI=1S/C9H6ClNO5/c10-7-4(2-1-3-11-7)6(12)5(8(13)14)9(15)16/h1-3,5H,(H,13,14)(H,15,16). The molecule has 0 bridgehead atoms. The van der Waals surface area contributed by atoms with Crippen LogP contribution < -0.4 is 0 Å². The van der Waals surface area contributed by atoms with Crippen molar-refractivity contribution in [1.29, 1.82) is 0 Å². The number of Topliss-reactive ketones (excluding diaryl/α,β-unsaturated/α-hetero) is 1. The van der Waals surface area contributed by atoms with Crippen molar-refractivity contribution in [3.05, 3.63) is 29.0 Å². The Labute approximate surface area is 94.5 Å². The number of pyridine rings is 1. The maximum absolute atomic E-state index is 11.6. The van der Waals surface area contributed by atoms with Gasteiger partial charge in [-0.1, -0.05) is 11.6 Å². The third-order valence-corrected chi connectivity index (χ3v) is 2.08. The van der Waals surface area contributed by atoms with Crippen molar-refractivity contribution in [3.8, 4) is 0 Å². The zero-order valence-corrected chi connectivity index (χ0v) is 8.51. The summed E-state index contributed by atoms with van der Waals surface area (Å²) in [6.45, 7) is 0. The zero-order valence-electron chi connectivity index (χ0n) is 7.75. The molecule has 6 nitrogen and oxygen atoms in total. The Morgan fingerprint density at radius 1 is 1.25 bits per heavy atom. The quantitative estimate of drug-likeness (QED) is 0.458. The van der Waals surface area contributed by atoms with E-state index in [1.165, 1.54) is 18.3 Å². The van der Waals surface area contributed by atoms with Gasteiger partial charge in [-0.25, -0.2) is 4.98 Å². The Kier molecular flexibility index (Phi) is 3.57. The van der Waals surface area contributed by atoms with Crippen LogP contribution in [0.3, 0.4) is 0 Å². The Morgan fingerprint density at radius 3 is 2.25 bits per heavy atom. The lowest BCUT2D eigenvalue weighted by molar-refractivity contribution is -0.151. The number of carboxylic acids is 2. The maximum Gasteiger partial charge on any atom is 0.325 e. The number of carbonyl (C=O) groups is 3. The first-order valence-electron chi connectivity index (χ1n) is 4.05. The van der Waals surface area contributed by atoms with Gasteiger partial charge in [-0.05, 0) is 12.1 Å². The van der Waals surface area contributed by atoms with Crippen LogP contribution in [0.15, 0.2) is 18.3 Å². The van der Waals surface area contributed by atoms with Crippen LogP contribution in [0.1, 0.15) is 10.4 Å². The summed E-state index contributed by atoms with van der Waals surface area (Å²) in [6.07, 6.45) is 1.30. The number of hydrogen-bond acceptors (Lipinski definition) is 4. The maximum atomic E-state index is 11.6. The van der Waals surface area contributed by atoms with Crippen LogP contribution in [0.25, 0.3) is 0 Å². The van der Waals surface area contributed by atoms with E-state index in [-0.39, 0.29) is 10.7 Å². The zero-order chi connectivity index (χ0) is 12.3. The second-order valence-electron chi connectivity index (χ2n) is 2.82.